The van der Waals surface area contributed by atoms with Gasteiger partial charge in [-0.2, -0.15) is 0 Å². The summed E-state index contributed by atoms with van der Waals surface area (Å²) in [5, 5.41) is -1.28. The Morgan fingerprint density at radius 2 is 1.84 bits per heavy atom. The molecule has 0 amide bonds. The quantitative estimate of drug-likeness (QED) is 0.611. The van der Waals surface area contributed by atoms with Gasteiger partial charge in [0.2, 0.25) is 0 Å². The maximum Gasteiger partial charge on any atom is 0.255 e. The molecule has 104 valence electrons. The number of carbonyl (C=O) groups excluding carboxylic acids is 2. The molecular weight excluding hydrogens is 294 g/mol. The van der Waals surface area contributed by atoms with Gasteiger partial charge in [0.15, 0.2) is 5.12 Å². The highest BCUT2D eigenvalue weighted by atomic mass is 35.5. The van der Waals surface area contributed by atoms with Gasteiger partial charge < -0.3 is 0 Å². The van der Waals surface area contributed by atoms with Crippen LogP contribution in [-0.2, 0) is 4.79 Å². The fourth-order valence-corrected chi connectivity index (χ4v) is 2.24. The lowest BCUT2D eigenvalue weighted by Gasteiger charge is -2.20. The van der Waals surface area contributed by atoms with Gasteiger partial charge in [-0.05, 0) is 35.9 Å². The number of thioether (sulfide) groups is 1. The minimum atomic E-state index is -1.04. The van der Waals surface area contributed by atoms with Crippen LogP contribution in [0.4, 0.5) is 8.78 Å². The molecule has 0 radical (unpaired) electrons. The highest BCUT2D eigenvalue weighted by Gasteiger charge is 2.27. The van der Waals surface area contributed by atoms with Crippen molar-refractivity contribution in [3.63, 3.8) is 0 Å². The summed E-state index contributed by atoms with van der Waals surface area (Å²) in [5.41, 5.74) is -1.07. The number of rotatable bonds is 4. The second kappa shape index (κ2) is 6.01. The number of hydrogen-bond donors (Lipinski definition) is 0. The first-order valence-electron chi connectivity index (χ1n) is 5.60. The SMILES string of the molecule is CCC(C)(C)C(=O)Sc1cc(C(=O)Cl)c(F)cc1F. The van der Waals surface area contributed by atoms with Crippen molar-refractivity contribution in [1.82, 2.24) is 0 Å². The predicted molar refractivity (Wildman–Crippen MR) is 71.5 cm³/mol. The molecule has 1 rings (SSSR count). The van der Waals surface area contributed by atoms with E-state index in [-0.39, 0.29) is 10.0 Å². The van der Waals surface area contributed by atoms with Gasteiger partial charge in [0.25, 0.3) is 5.24 Å². The van der Waals surface area contributed by atoms with E-state index in [0.29, 0.717) is 24.2 Å². The van der Waals surface area contributed by atoms with Gasteiger partial charge >= 0.3 is 0 Å². The Kier molecular flexibility index (Phi) is 5.10. The molecule has 0 bridgehead atoms. The fraction of sp³-hybridized carbons (Fsp3) is 0.385. The largest absolute Gasteiger partial charge is 0.286 e. The first-order chi connectivity index (χ1) is 8.69. The molecule has 0 aromatic heterocycles. The summed E-state index contributed by atoms with van der Waals surface area (Å²) in [6.45, 7) is 5.31. The molecule has 0 heterocycles. The number of benzene rings is 1. The molecular formula is C13H13ClF2O2S. The number of hydrogen-bond acceptors (Lipinski definition) is 3. The van der Waals surface area contributed by atoms with Crippen LogP contribution >= 0.6 is 23.4 Å². The second-order valence-electron chi connectivity index (χ2n) is 4.66. The Balaban J connectivity index is 3.12. The highest BCUT2D eigenvalue weighted by molar-refractivity contribution is 8.13. The summed E-state index contributed by atoms with van der Waals surface area (Å²) >= 11 is 5.84. The van der Waals surface area contributed by atoms with E-state index in [1.54, 1.807) is 13.8 Å². The van der Waals surface area contributed by atoms with E-state index in [2.05, 4.69) is 0 Å². The van der Waals surface area contributed by atoms with Gasteiger partial charge in [0.1, 0.15) is 11.6 Å². The Morgan fingerprint density at radius 1 is 1.26 bits per heavy atom. The van der Waals surface area contributed by atoms with Crippen molar-refractivity contribution >= 4 is 33.7 Å². The van der Waals surface area contributed by atoms with E-state index in [9.17, 15) is 18.4 Å². The third-order valence-electron chi connectivity index (χ3n) is 2.87. The van der Waals surface area contributed by atoms with Gasteiger partial charge in [0.05, 0.1) is 10.5 Å². The minimum absolute atomic E-state index is 0.100. The molecule has 0 aliphatic heterocycles. The van der Waals surface area contributed by atoms with E-state index in [0.717, 1.165) is 6.07 Å². The van der Waals surface area contributed by atoms with Crippen LogP contribution < -0.4 is 0 Å². The standard InChI is InChI=1S/C13H13ClF2O2S/c1-4-13(2,3)12(18)19-10-5-7(11(14)17)8(15)6-9(10)16/h5-6H,4H2,1-3H3. The zero-order chi connectivity index (χ0) is 14.8. The van der Waals surface area contributed by atoms with Crippen LogP contribution in [-0.4, -0.2) is 10.4 Å². The van der Waals surface area contributed by atoms with E-state index in [1.165, 1.54) is 0 Å². The van der Waals surface area contributed by atoms with Gasteiger partial charge in [-0.3, -0.25) is 9.59 Å². The molecule has 0 N–H and O–H groups in total. The van der Waals surface area contributed by atoms with E-state index in [1.807, 2.05) is 6.92 Å². The molecule has 0 spiro atoms. The Bertz CT molecular complexity index is 530. The average molecular weight is 307 g/mol. The molecule has 19 heavy (non-hydrogen) atoms. The van der Waals surface area contributed by atoms with Crippen LogP contribution in [0.3, 0.4) is 0 Å². The normalized spacial score (nSPS) is 11.5. The second-order valence-corrected chi connectivity index (χ2v) is 6.02. The lowest BCUT2D eigenvalue weighted by molar-refractivity contribution is -0.118. The van der Waals surface area contributed by atoms with Crippen molar-refractivity contribution in [3.8, 4) is 0 Å². The molecule has 1 aromatic carbocycles. The van der Waals surface area contributed by atoms with Gasteiger partial charge in [0, 0.05) is 11.5 Å². The minimum Gasteiger partial charge on any atom is -0.286 e. The molecule has 0 aliphatic carbocycles. The first-order valence-corrected chi connectivity index (χ1v) is 6.79. The highest BCUT2D eigenvalue weighted by Crippen LogP contribution is 2.34. The van der Waals surface area contributed by atoms with Crippen molar-refractivity contribution in [2.45, 2.75) is 32.1 Å². The van der Waals surface area contributed by atoms with E-state index >= 15 is 0 Å². The lowest BCUT2D eigenvalue weighted by atomic mass is 9.92. The van der Waals surface area contributed by atoms with E-state index < -0.39 is 27.9 Å². The summed E-state index contributed by atoms with van der Waals surface area (Å²) < 4.78 is 26.9. The summed E-state index contributed by atoms with van der Waals surface area (Å²) in [4.78, 5) is 22.8. The molecule has 0 saturated heterocycles. The molecule has 0 unspecified atom stereocenters. The van der Waals surface area contributed by atoms with Gasteiger partial charge in [-0.15, -0.1) is 0 Å². The fourth-order valence-electron chi connectivity index (χ4n) is 1.14. The van der Waals surface area contributed by atoms with Crippen molar-refractivity contribution in [2.75, 3.05) is 0 Å². The smallest absolute Gasteiger partial charge is 0.255 e. The maximum absolute atomic E-state index is 13.6. The molecule has 6 heteroatoms. The van der Waals surface area contributed by atoms with Crippen LogP contribution in [0.25, 0.3) is 0 Å². The molecule has 0 saturated carbocycles. The Hall–Kier alpha value is -0.940. The molecule has 0 aliphatic rings. The number of halogens is 3. The van der Waals surface area contributed by atoms with Gasteiger partial charge in [-0.1, -0.05) is 20.8 Å². The Labute approximate surface area is 119 Å². The monoisotopic (exact) mass is 306 g/mol. The van der Waals surface area contributed by atoms with Crippen LogP contribution in [0, 0.1) is 17.0 Å². The van der Waals surface area contributed by atoms with Crippen molar-refractivity contribution in [2.24, 2.45) is 5.41 Å². The summed E-state index contributed by atoms with van der Waals surface area (Å²) in [6, 6.07) is 1.53. The topological polar surface area (TPSA) is 34.1 Å². The molecule has 0 fully saturated rings. The summed E-state index contributed by atoms with van der Waals surface area (Å²) in [5.74, 6) is -1.92. The van der Waals surface area contributed by atoms with E-state index in [4.69, 9.17) is 11.6 Å². The Morgan fingerprint density at radius 3 is 2.32 bits per heavy atom. The zero-order valence-corrected chi connectivity index (χ0v) is 12.3. The van der Waals surface area contributed by atoms with Crippen molar-refractivity contribution in [1.29, 1.82) is 0 Å². The van der Waals surface area contributed by atoms with Crippen molar-refractivity contribution in [3.05, 3.63) is 29.3 Å². The number of carbonyl (C=O) groups is 2. The predicted octanol–water partition coefficient (Wildman–Crippen LogP) is 4.40. The van der Waals surface area contributed by atoms with Crippen molar-refractivity contribution < 1.29 is 18.4 Å². The van der Waals surface area contributed by atoms with Gasteiger partial charge in [-0.25, -0.2) is 8.78 Å². The van der Waals surface area contributed by atoms with Crippen LogP contribution in [0.5, 0.6) is 0 Å². The summed E-state index contributed by atoms with van der Waals surface area (Å²) in [7, 11) is 0. The zero-order valence-electron chi connectivity index (χ0n) is 10.7. The first kappa shape index (κ1) is 16.1. The lowest BCUT2D eigenvalue weighted by Crippen LogP contribution is -2.20. The third-order valence-corrected chi connectivity index (χ3v) is 4.35. The summed E-state index contributed by atoms with van der Waals surface area (Å²) in [6.07, 6.45) is 0.586. The average Bonchev–Trinajstić information content (AvgIpc) is 2.31. The van der Waals surface area contributed by atoms with Crippen LogP contribution in [0.2, 0.25) is 0 Å². The molecule has 1 aromatic rings. The van der Waals surface area contributed by atoms with Crippen LogP contribution in [0.1, 0.15) is 37.6 Å². The molecule has 2 nitrogen and oxygen atoms in total. The maximum atomic E-state index is 13.6. The molecule has 0 atom stereocenters. The van der Waals surface area contributed by atoms with Crippen LogP contribution in [0.15, 0.2) is 17.0 Å². The third kappa shape index (κ3) is 3.76.